The first kappa shape index (κ1) is 17.2. The van der Waals surface area contributed by atoms with Crippen LogP contribution in [0.2, 0.25) is 0 Å². The zero-order chi connectivity index (χ0) is 16.4. The lowest BCUT2D eigenvalue weighted by Crippen LogP contribution is -2.50. The Kier molecular flexibility index (Phi) is 5.28. The molecular formula is C16H29N3O3S. The molecule has 3 unspecified atom stereocenters. The Bertz CT molecular complexity index is 537. The summed E-state index contributed by atoms with van der Waals surface area (Å²) < 4.78 is 26.5. The second kappa shape index (κ2) is 7.07. The number of nitrogens with one attached hydrogen (secondary N) is 1. The molecule has 3 saturated heterocycles. The van der Waals surface area contributed by atoms with Gasteiger partial charge in [0, 0.05) is 31.7 Å². The number of hydrogen-bond donors (Lipinski definition) is 1. The van der Waals surface area contributed by atoms with Crippen LogP contribution in [0, 0.1) is 0 Å². The summed E-state index contributed by atoms with van der Waals surface area (Å²) in [6.45, 7) is 3.98. The highest BCUT2D eigenvalue weighted by Crippen LogP contribution is 2.26. The number of carbonyl (C=O) groups is 1. The monoisotopic (exact) mass is 343 g/mol. The fraction of sp³-hybridized carbons (Fsp3) is 0.938. The van der Waals surface area contributed by atoms with Crippen LogP contribution in [-0.4, -0.2) is 67.0 Å². The zero-order valence-corrected chi connectivity index (χ0v) is 14.9. The molecular weight excluding hydrogens is 314 g/mol. The standard InChI is InChI=1S/C16H29N3O3S/c1-2-3-11-23(21,22)19-9-4-5-15(19)16(20)18-10-8-13-6-7-14(12-18)17-13/h13-15,17H,2-12H2,1H3. The van der Waals surface area contributed by atoms with Gasteiger partial charge in [-0.3, -0.25) is 4.79 Å². The topological polar surface area (TPSA) is 69.7 Å². The number of rotatable bonds is 5. The fourth-order valence-electron chi connectivity index (χ4n) is 4.12. The van der Waals surface area contributed by atoms with Gasteiger partial charge in [-0.1, -0.05) is 13.3 Å². The molecule has 0 aromatic carbocycles. The minimum absolute atomic E-state index is 0.0249. The van der Waals surface area contributed by atoms with E-state index in [1.165, 1.54) is 10.7 Å². The molecule has 2 bridgehead atoms. The van der Waals surface area contributed by atoms with Crippen LogP contribution < -0.4 is 5.32 Å². The molecule has 0 aromatic rings. The number of unbranched alkanes of at least 4 members (excludes halogenated alkanes) is 1. The Labute approximate surface area is 139 Å². The average Bonchev–Trinajstić information content (AvgIpc) is 3.11. The van der Waals surface area contributed by atoms with Crippen LogP contribution in [0.5, 0.6) is 0 Å². The Balaban J connectivity index is 1.68. The highest BCUT2D eigenvalue weighted by atomic mass is 32.2. The quantitative estimate of drug-likeness (QED) is 0.806. The molecule has 1 N–H and O–H groups in total. The number of nitrogens with zero attached hydrogens (tertiary/aromatic N) is 2. The molecule has 0 aromatic heterocycles. The minimum Gasteiger partial charge on any atom is -0.340 e. The summed E-state index contributed by atoms with van der Waals surface area (Å²) in [5.41, 5.74) is 0. The Hall–Kier alpha value is -0.660. The van der Waals surface area contributed by atoms with Gasteiger partial charge >= 0.3 is 0 Å². The van der Waals surface area contributed by atoms with E-state index in [1.807, 2.05) is 11.8 Å². The molecule has 0 saturated carbocycles. The number of likely N-dealkylation sites (tertiary alicyclic amines) is 1. The molecule has 23 heavy (non-hydrogen) atoms. The molecule has 0 radical (unpaired) electrons. The van der Waals surface area contributed by atoms with Gasteiger partial charge < -0.3 is 10.2 Å². The van der Waals surface area contributed by atoms with Gasteiger partial charge in [-0.05, 0) is 38.5 Å². The maximum atomic E-state index is 13.0. The first-order valence-corrected chi connectivity index (χ1v) is 10.7. The largest absolute Gasteiger partial charge is 0.340 e. The number of hydrogen-bond acceptors (Lipinski definition) is 4. The van der Waals surface area contributed by atoms with Crippen molar-refractivity contribution in [2.75, 3.05) is 25.4 Å². The van der Waals surface area contributed by atoms with Crippen molar-refractivity contribution in [1.29, 1.82) is 0 Å². The van der Waals surface area contributed by atoms with Gasteiger partial charge in [0.05, 0.1) is 5.75 Å². The highest BCUT2D eigenvalue weighted by molar-refractivity contribution is 7.89. The summed E-state index contributed by atoms with van der Waals surface area (Å²) in [5.74, 6) is 0.191. The third kappa shape index (κ3) is 3.72. The first-order chi connectivity index (χ1) is 11.0. The summed E-state index contributed by atoms with van der Waals surface area (Å²) >= 11 is 0. The Morgan fingerprint density at radius 2 is 1.91 bits per heavy atom. The fourth-order valence-corrected chi connectivity index (χ4v) is 6.00. The van der Waals surface area contributed by atoms with Crippen LogP contribution >= 0.6 is 0 Å². The SMILES string of the molecule is CCCCS(=O)(=O)N1CCCC1C(=O)N1CCC2CCC(C1)N2. The van der Waals surface area contributed by atoms with Crippen LogP contribution in [0.25, 0.3) is 0 Å². The van der Waals surface area contributed by atoms with Crippen molar-refractivity contribution in [3.05, 3.63) is 0 Å². The smallest absolute Gasteiger partial charge is 0.241 e. The van der Waals surface area contributed by atoms with E-state index in [9.17, 15) is 13.2 Å². The molecule has 7 heteroatoms. The van der Waals surface area contributed by atoms with E-state index in [1.54, 1.807) is 0 Å². The maximum Gasteiger partial charge on any atom is 0.241 e. The second-order valence-corrected chi connectivity index (χ2v) is 9.19. The maximum absolute atomic E-state index is 13.0. The van der Waals surface area contributed by atoms with Gasteiger partial charge in [0.1, 0.15) is 6.04 Å². The molecule has 3 rings (SSSR count). The van der Waals surface area contributed by atoms with Crippen LogP contribution in [0.3, 0.4) is 0 Å². The summed E-state index contributed by atoms with van der Waals surface area (Å²) in [6, 6.07) is 0.456. The molecule has 3 aliphatic rings. The van der Waals surface area contributed by atoms with Crippen LogP contribution in [0.1, 0.15) is 51.9 Å². The summed E-state index contributed by atoms with van der Waals surface area (Å²) in [5, 5.41) is 3.57. The van der Waals surface area contributed by atoms with E-state index < -0.39 is 16.1 Å². The van der Waals surface area contributed by atoms with Gasteiger partial charge in [-0.2, -0.15) is 4.31 Å². The van der Waals surface area contributed by atoms with E-state index in [0.717, 1.165) is 38.8 Å². The normalized spacial score (nSPS) is 32.2. The van der Waals surface area contributed by atoms with Crippen molar-refractivity contribution in [3.63, 3.8) is 0 Å². The van der Waals surface area contributed by atoms with Crippen LogP contribution in [0.4, 0.5) is 0 Å². The van der Waals surface area contributed by atoms with Gasteiger partial charge in [0.15, 0.2) is 0 Å². The lowest BCUT2D eigenvalue weighted by molar-refractivity contribution is -0.134. The van der Waals surface area contributed by atoms with Gasteiger partial charge in [-0.15, -0.1) is 0 Å². The number of amides is 1. The molecule has 3 fully saturated rings. The molecule has 3 atom stereocenters. The van der Waals surface area contributed by atoms with Gasteiger partial charge in [-0.25, -0.2) is 8.42 Å². The minimum atomic E-state index is -3.30. The van der Waals surface area contributed by atoms with Crippen molar-refractivity contribution < 1.29 is 13.2 Å². The Morgan fingerprint density at radius 3 is 2.70 bits per heavy atom. The van der Waals surface area contributed by atoms with E-state index in [2.05, 4.69) is 5.32 Å². The zero-order valence-electron chi connectivity index (χ0n) is 14.0. The van der Waals surface area contributed by atoms with Crippen molar-refractivity contribution in [1.82, 2.24) is 14.5 Å². The number of fused-ring (bicyclic) bond motifs is 2. The van der Waals surface area contributed by atoms with E-state index in [-0.39, 0.29) is 11.7 Å². The predicted molar refractivity (Wildman–Crippen MR) is 89.6 cm³/mol. The van der Waals surface area contributed by atoms with Crippen molar-refractivity contribution >= 4 is 15.9 Å². The first-order valence-electron chi connectivity index (χ1n) is 9.05. The molecule has 3 heterocycles. The third-order valence-electron chi connectivity index (χ3n) is 5.44. The van der Waals surface area contributed by atoms with Crippen molar-refractivity contribution in [3.8, 4) is 0 Å². The lowest BCUT2D eigenvalue weighted by atomic mass is 10.1. The second-order valence-electron chi connectivity index (χ2n) is 7.15. The molecule has 1 amide bonds. The Morgan fingerprint density at radius 1 is 1.13 bits per heavy atom. The molecule has 0 spiro atoms. The van der Waals surface area contributed by atoms with Crippen LogP contribution in [-0.2, 0) is 14.8 Å². The lowest BCUT2D eigenvalue weighted by Gasteiger charge is -2.30. The molecule has 132 valence electrons. The van der Waals surface area contributed by atoms with Crippen LogP contribution in [0.15, 0.2) is 0 Å². The number of sulfonamides is 1. The summed E-state index contributed by atoms with van der Waals surface area (Å²) in [4.78, 5) is 14.9. The van der Waals surface area contributed by atoms with Gasteiger partial charge in [0.2, 0.25) is 15.9 Å². The van der Waals surface area contributed by atoms with Crippen molar-refractivity contribution in [2.24, 2.45) is 0 Å². The number of carbonyl (C=O) groups excluding carboxylic acids is 1. The predicted octanol–water partition coefficient (Wildman–Crippen LogP) is 0.934. The van der Waals surface area contributed by atoms with E-state index in [0.29, 0.717) is 31.5 Å². The van der Waals surface area contributed by atoms with Gasteiger partial charge in [0.25, 0.3) is 0 Å². The molecule has 0 aliphatic carbocycles. The molecule has 6 nitrogen and oxygen atoms in total. The van der Waals surface area contributed by atoms with Crippen molar-refractivity contribution in [2.45, 2.75) is 70.0 Å². The summed E-state index contributed by atoms with van der Waals surface area (Å²) in [6.07, 6.45) is 6.29. The van der Waals surface area contributed by atoms with E-state index in [4.69, 9.17) is 0 Å². The molecule has 3 aliphatic heterocycles. The van der Waals surface area contributed by atoms with E-state index >= 15 is 0 Å². The summed E-state index contributed by atoms with van der Waals surface area (Å²) in [7, 11) is -3.30. The highest BCUT2D eigenvalue weighted by Gasteiger charge is 2.41. The average molecular weight is 343 g/mol. The third-order valence-corrected chi connectivity index (χ3v) is 7.39.